The van der Waals surface area contributed by atoms with Crippen molar-refractivity contribution in [1.29, 1.82) is 0 Å². The second kappa shape index (κ2) is 13.8. The Morgan fingerprint density at radius 3 is 2.24 bits per heavy atom. The van der Waals surface area contributed by atoms with E-state index in [-0.39, 0.29) is 12.5 Å². The van der Waals surface area contributed by atoms with Gasteiger partial charge in [0, 0.05) is 16.8 Å². The molecule has 0 unspecified atom stereocenters. The smallest absolute Gasteiger partial charge is 0.326 e. The van der Waals surface area contributed by atoms with Crippen LogP contribution in [0.1, 0.15) is 38.3 Å². The summed E-state index contributed by atoms with van der Waals surface area (Å²) in [6.45, 7) is 2.13. The molecule has 0 bridgehead atoms. The van der Waals surface area contributed by atoms with E-state index in [1.165, 1.54) is 36.0 Å². The van der Waals surface area contributed by atoms with Crippen LogP contribution >= 0.6 is 11.8 Å². The van der Waals surface area contributed by atoms with Crippen molar-refractivity contribution >= 4 is 35.2 Å². The molecule has 4 aromatic carbocycles. The first-order chi connectivity index (χ1) is 19.8. The molecule has 0 saturated heterocycles. The van der Waals surface area contributed by atoms with E-state index in [2.05, 4.69) is 5.32 Å². The van der Waals surface area contributed by atoms with Crippen molar-refractivity contribution < 1.29 is 23.9 Å². The van der Waals surface area contributed by atoms with E-state index < -0.39 is 23.7 Å². The molecule has 0 aliphatic rings. The van der Waals surface area contributed by atoms with Gasteiger partial charge < -0.3 is 15.3 Å². The molecule has 0 aliphatic carbocycles. The minimum Gasteiger partial charge on any atom is -0.480 e. The summed E-state index contributed by atoms with van der Waals surface area (Å²) in [4.78, 5) is 40.4. The average molecular weight is 571 g/mol. The number of amides is 2. The molecule has 0 spiro atoms. The zero-order chi connectivity index (χ0) is 29.4. The van der Waals surface area contributed by atoms with Gasteiger partial charge in [-0.1, -0.05) is 48.5 Å². The van der Waals surface area contributed by atoms with Crippen LogP contribution in [-0.2, 0) is 11.3 Å². The van der Waals surface area contributed by atoms with Crippen LogP contribution in [0.3, 0.4) is 0 Å². The van der Waals surface area contributed by atoms with Gasteiger partial charge in [-0.15, -0.1) is 0 Å². The maximum Gasteiger partial charge on any atom is 0.326 e. The lowest BCUT2D eigenvalue weighted by molar-refractivity contribution is -0.139. The second-order valence-corrected chi connectivity index (χ2v) is 10.6. The summed E-state index contributed by atoms with van der Waals surface area (Å²) in [7, 11) is 0. The van der Waals surface area contributed by atoms with E-state index in [1.807, 2.05) is 73.8 Å². The number of rotatable bonds is 11. The molecule has 2 amide bonds. The first kappa shape index (κ1) is 29.6. The summed E-state index contributed by atoms with van der Waals surface area (Å²) in [5.41, 5.74) is 4.51. The van der Waals surface area contributed by atoms with Crippen LogP contribution in [0, 0.1) is 12.7 Å². The highest BCUT2D eigenvalue weighted by Gasteiger charge is 2.24. The number of hydrogen-bond acceptors (Lipinski definition) is 4. The summed E-state index contributed by atoms with van der Waals surface area (Å²) in [5.74, 6) is -1.69. The van der Waals surface area contributed by atoms with Crippen molar-refractivity contribution in [2.75, 3.05) is 16.9 Å². The molecule has 4 aromatic rings. The molecule has 0 fully saturated rings. The largest absolute Gasteiger partial charge is 0.480 e. The number of nitrogens with one attached hydrogen (secondary N) is 1. The third-order valence-corrected chi connectivity index (χ3v) is 7.37. The van der Waals surface area contributed by atoms with Gasteiger partial charge in [-0.05, 0) is 96.1 Å². The number of nitrogens with zero attached hydrogens (tertiary/aromatic N) is 1. The fourth-order valence-corrected chi connectivity index (χ4v) is 5.01. The Labute approximate surface area is 243 Å². The monoisotopic (exact) mass is 570 g/mol. The normalized spacial score (nSPS) is 11.5. The van der Waals surface area contributed by atoms with Crippen molar-refractivity contribution in [2.45, 2.75) is 25.9 Å². The fourth-order valence-electron chi connectivity index (χ4n) is 4.53. The number of carbonyl (C=O) groups is 3. The third kappa shape index (κ3) is 7.41. The van der Waals surface area contributed by atoms with Gasteiger partial charge in [0.15, 0.2) is 0 Å². The minimum absolute atomic E-state index is 0.187. The predicted molar refractivity (Wildman–Crippen MR) is 162 cm³/mol. The van der Waals surface area contributed by atoms with E-state index in [0.717, 1.165) is 16.7 Å². The maximum absolute atomic E-state index is 13.6. The molecule has 0 aliphatic heterocycles. The first-order valence-electron chi connectivity index (χ1n) is 13.1. The number of aliphatic carboxylic acids is 1. The SMILES string of the molecule is CSCC[C@H](NC(=O)c1ccc(CN(C(=O)c2ccc(F)cc2)c2ccccc2)cc1-c1ccccc1C)C(=O)O. The maximum atomic E-state index is 13.6. The van der Waals surface area contributed by atoms with Crippen molar-refractivity contribution in [3.8, 4) is 11.1 Å². The van der Waals surface area contributed by atoms with E-state index in [0.29, 0.717) is 34.6 Å². The van der Waals surface area contributed by atoms with Crippen molar-refractivity contribution in [1.82, 2.24) is 5.32 Å². The van der Waals surface area contributed by atoms with Crippen LogP contribution in [-0.4, -0.2) is 40.9 Å². The number of halogens is 1. The number of anilines is 1. The molecule has 2 N–H and O–H groups in total. The molecule has 210 valence electrons. The van der Waals surface area contributed by atoms with Crippen LogP contribution < -0.4 is 10.2 Å². The molecule has 4 rings (SSSR count). The van der Waals surface area contributed by atoms with E-state index in [1.54, 1.807) is 17.0 Å². The third-order valence-electron chi connectivity index (χ3n) is 6.72. The Hall–Kier alpha value is -4.43. The zero-order valence-electron chi connectivity index (χ0n) is 22.8. The number of para-hydroxylation sites is 1. The topological polar surface area (TPSA) is 86.7 Å². The van der Waals surface area contributed by atoms with Gasteiger partial charge in [0.05, 0.1) is 6.54 Å². The van der Waals surface area contributed by atoms with Gasteiger partial charge in [0.2, 0.25) is 0 Å². The molecular weight excluding hydrogens is 539 g/mol. The molecule has 0 heterocycles. The van der Waals surface area contributed by atoms with Gasteiger partial charge in [-0.2, -0.15) is 11.8 Å². The molecule has 0 saturated carbocycles. The Bertz CT molecular complexity index is 1530. The molecular formula is C33H31FN2O4S. The second-order valence-electron chi connectivity index (χ2n) is 9.57. The first-order valence-corrected chi connectivity index (χ1v) is 14.5. The molecule has 0 aromatic heterocycles. The molecule has 41 heavy (non-hydrogen) atoms. The summed E-state index contributed by atoms with van der Waals surface area (Å²) in [5, 5.41) is 12.3. The molecule has 8 heteroatoms. The fraction of sp³-hybridized carbons (Fsp3) is 0.182. The van der Waals surface area contributed by atoms with Crippen LogP contribution in [0.4, 0.5) is 10.1 Å². The Kier molecular flexibility index (Phi) is 9.92. The predicted octanol–water partition coefficient (Wildman–Crippen LogP) is 6.58. The van der Waals surface area contributed by atoms with Crippen molar-refractivity contribution in [2.24, 2.45) is 0 Å². The lowest BCUT2D eigenvalue weighted by Gasteiger charge is -2.24. The van der Waals surface area contributed by atoms with Crippen molar-refractivity contribution in [3.05, 3.63) is 125 Å². The summed E-state index contributed by atoms with van der Waals surface area (Å²) >= 11 is 1.51. The number of carboxylic acid groups (broad SMARTS) is 1. The lowest BCUT2D eigenvalue weighted by atomic mass is 9.93. The lowest BCUT2D eigenvalue weighted by Crippen LogP contribution is -2.41. The number of thioether (sulfide) groups is 1. The highest BCUT2D eigenvalue weighted by molar-refractivity contribution is 7.98. The Morgan fingerprint density at radius 1 is 0.902 bits per heavy atom. The van der Waals surface area contributed by atoms with Crippen LogP contribution in [0.2, 0.25) is 0 Å². The standard InChI is InChI=1S/C33H31FN2O4S/c1-22-8-6-7-11-27(22)29-20-23(12-17-28(29)31(37)35-30(33(39)40)18-19-41-2)21-36(26-9-4-3-5-10-26)32(38)24-13-15-25(34)16-14-24/h3-17,20,30H,18-19,21H2,1-2H3,(H,35,37)(H,39,40)/t30-/m0/s1. The highest BCUT2D eigenvalue weighted by atomic mass is 32.2. The highest BCUT2D eigenvalue weighted by Crippen LogP contribution is 2.30. The quantitative estimate of drug-likeness (QED) is 0.213. The van der Waals surface area contributed by atoms with Gasteiger partial charge in [-0.25, -0.2) is 9.18 Å². The van der Waals surface area contributed by atoms with Gasteiger partial charge in [-0.3, -0.25) is 9.59 Å². The van der Waals surface area contributed by atoms with Gasteiger partial charge in [0.25, 0.3) is 11.8 Å². The molecule has 6 nitrogen and oxygen atoms in total. The average Bonchev–Trinajstić information content (AvgIpc) is 2.98. The number of benzene rings is 4. The van der Waals surface area contributed by atoms with Crippen LogP contribution in [0.25, 0.3) is 11.1 Å². The zero-order valence-corrected chi connectivity index (χ0v) is 23.7. The van der Waals surface area contributed by atoms with E-state index in [9.17, 15) is 23.9 Å². The summed E-state index contributed by atoms with van der Waals surface area (Å²) < 4.78 is 13.6. The number of hydrogen-bond donors (Lipinski definition) is 2. The van der Waals surface area contributed by atoms with E-state index in [4.69, 9.17) is 0 Å². The number of carbonyl (C=O) groups excluding carboxylic acids is 2. The number of aryl methyl sites for hydroxylation is 1. The minimum atomic E-state index is -1.08. The van der Waals surface area contributed by atoms with Gasteiger partial charge in [0.1, 0.15) is 11.9 Å². The van der Waals surface area contributed by atoms with Crippen LogP contribution in [0.5, 0.6) is 0 Å². The summed E-state index contributed by atoms with van der Waals surface area (Å²) in [6.07, 6.45) is 2.19. The Balaban J connectivity index is 1.74. The molecule has 1 atom stereocenters. The number of carboxylic acids is 1. The Morgan fingerprint density at radius 2 is 1.59 bits per heavy atom. The summed E-state index contributed by atoms with van der Waals surface area (Å²) in [6, 6.07) is 26.5. The molecule has 0 radical (unpaired) electrons. The van der Waals surface area contributed by atoms with Crippen molar-refractivity contribution in [3.63, 3.8) is 0 Å². The van der Waals surface area contributed by atoms with Gasteiger partial charge >= 0.3 is 5.97 Å². The van der Waals surface area contributed by atoms with E-state index >= 15 is 0 Å². The van der Waals surface area contributed by atoms with Crippen LogP contribution in [0.15, 0.2) is 97.1 Å².